The standard InChI is InChI=1S/2C28H34N6O5S/c2*1-17(2)39-27(22-15-29-19(4)14-30-22)20(5)40(35,36)16-25-32-33-28(21-11-8-10-18(3)31-21)34(25)26-23(37-6)12-9-13-24(26)38-7/h2*8-15,17,20,27H,16H2,1-7H3/t2*20-,27+/m10/s1. The molecule has 8 aromatic rings. The molecule has 0 unspecified atom stereocenters. The second-order valence-electron chi connectivity index (χ2n) is 19.3. The van der Waals surface area contributed by atoms with Gasteiger partial charge in [0.2, 0.25) is 0 Å². The normalized spacial score (nSPS) is 13.3. The summed E-state index contributed by atoms with van der Waals surface area (Å²) in [5, 5.41) is 15.5. The van der Waals surface area contributed by atoms with Crippen molar-refractivity contribution in [2.45, 2.75) is 116 Å². The summed E-state index contributed by atoms with van der Waals surface area (Å²) in [6, 6.07) is 21.6. The molecule has 6 aromatic heterocycles. The van der Waals surface area contributed by atoms with Gasteiger partial charge in [0.1, 0.15) is 69.5 Å². The Balaban J connectivity index is 0.000000231. The van der Waals surface area contributed by atoms with Crippen molar-refractivity contribution in [3.63, 3.8) is 0 Å². The lowest BCUT2D eigenvalue weighted by Crippen LogP contribution is -2.31. The summed E-state index contributed by atoms with van der Waals surface area (Å²) in [5.74, 6) is 1.99. The molecule has 0 amide bonds. The van der Waals surface area contributed by atoms with Gasteiger partial charge in [-0.2, -0.15) is 0 Å². The maximum Gasteiger partial charge on any atom is 0.187 e. The van der Waals surface area contributed by atoms with Gasteiger partial charge >= 0.3 is 0 Å². The lowest BCUT2D eigenvalue weighted by molar-refractivity contribution is 0.00360. The van der Waals surface area contributed by atoms with E-state index < -0.39 is 53.9 Å². The first-order chi connectivity index (χ1) is 38.1. The highest BCUT2D eigenvalue weighted by Gasteiger charge is 2.38. The van der Waals surface area contributed by atoms with Gasteiger partial charge in [-0.1, -0.05) is 24.3 Å². The second-order valence-corrected chi connectivity index (χ2v) is 24.0. The van der Waals surface area contributed by atoms with Gasteiger partial charge in [-0.3, -0.25) is 29.1 Å². The van der Waals surface area contributed by atoms with Crippen LogP contribution in [0.4, 0.5) is 0 Å². The van der Waals surface area contributed by atoms with Gasteiger partial charge in [0.05, 0.1) is 86.3 Å². The minimum Gasteiger partial charge on any atom is -0.494 e. The Morgan fingerprint density at radius 3 is 1.06 bits per heavy atom. The number of hydrogen-bond acceptors (Lipinski definition) is 20. The molecule has 0 fully saturated rings. The van der Waals surface area contributed by atoms with Gasteiger partial charge in [0, 0.05) is 23.8 Å². The summed E-state index contributed by atoms with van der Waals surface area (Å²) in [5.41, 5.74) is 5.84. The third-order valence-electron chi connectivity index (χ3n) is 12.6. The third-order valence-corrected chi connectivity index (χ3v) is 16.7. The van der Waals surface area contributed by atoms with E-state index in [1.54, 1.807) is 96.3 Å². The first kappa shape index (κ1) is 59.9. The van der Waals surface area contributed by atoms with Gasteiger partial charge in [-0.05, 0) is 118 Å². The van der Waals surface area contributed by atoms with Crippen molar-refractivity contribution in [1.82, 2.24) is 59.4 Å². The van der Waals surface area contributed by atoms with Crippen LogP contribution in [-0.2, 0) is 40.7 Å². The predicted octanol–water partition coefficient (Wildman–Crippen LogP) is 8.45. The van der Waals surface area contributed by atoms with E-state index in [1.807, 2.05) is 79.7 Å². The quantitative estimate of drug-likeness (QED) is 0.0616. The lowest BCUT2D eigenvalue weighted by atomic mass is 10.2. The van der Waals surface area contributed by atoms with Crippen molar-refractivity contribution in [2.24, 2.45) is 0 Å². The highest BCUT2D eigenvalue weighted by Crippen LogP contribution is 2.39. The molecule has 424 valence electrons. The minimum absolute atomic E-state index is 0.172. The molecule has 0 aliphatic heterocycles. The fraction of sp³-hybridized carbons (Fsp3) is 0.393. The fourth-order valence-electron chi connectivity index (χ4n) is 8.59. The van der Waals surface area contributed by atoms with Crippen LogP contribution in [0.3, 0.4) is 0 Å². The van der Waals surface area contributed by atoms with Crippen molar-refractivity contribution in [3.05, 3.63) is 143 Å². The van der Waals surface area contributed by atoms with Crippen LogP contribution < -0.4 is 18.9 Å². The average Bonchev–Trinajstić information content (AvgIpc) is 4.04. The summed E-state index contributed by atoms with van der Waals surface area (Å²) >= 11 is 0. The molecule has 2 aromatic carbocycles. The molecule has 4 atom stereocenters. The molecule has 0 bridgehead atoms. The first-order valence-electron chi connectivity index (χ1n) is 25.6. The zero-order valence-electron chi connectivity index (χ0n) is 47.4. The fourth-order valence-corrected chi connectivity index (χ4v) is 11.4. The predicted molar refractivity (Wildman–Crippen MR) is 300 cm³/mol. The van der Waals surface area contributed by atoms with Crippen LogP contribution >= 0.6 is 0 Å². The number of ether oxygens (including phenoxy) is 6. The number of pyridine rings is 2. The molecule has 8 rings (SSSR count). The zero-order valence-corrected chi connectivity index (χ0v) is 49.0. The van der Waals surface area contributed by atoms with Crippen LogP contribution in [0, 0.1) is 27.7 Å². The van der Waals surface area contributed by atoms with Crippen LogP contribution in [-0.4, -0.2) is 127 Å². The molecule has 0 saturated heterocycles. The molecule has 0 spiro atoms. The Labute approximate surface area is 467 Å². The Hall–Kier alpha value is -7.80. The summed E-state index contributed by atoms with van der Waals surface area (Å²) in [4.78, 5) is 26.6. The molecule has 0 aliphatic carbocycles. The monoisotopic (exact) mass is 1130 g/mol. The number of aromatic nitrogens is 12. The zero-order chi connectivity index (χ0) is 58.1. The van der Waals surface area contributed by atoms with Gasteiger partial charge < -0.3 is 28.4 Å². The van der Waals surface area contributed by atoms with Crippen LogP contribution in [0.5, 0.6) is 23.0 Å². The number of hydrogen-bond donors (Lipinski definition) is 0. The lowest BCUT2D eigenvalue weighted by Gasteiger charge is -2.26. The third kappa shape index (κ3) is 13.8. The molecular weight excluding hydrogens is 1060 g/mol. The van der Waals surface area contributed by atoms with Crippen molar-refractivity contribution in [2.75, 3.05) is 28.4 Å². The van der Waals surface area contributed by atoms with E-state index in [2.05, 4.69) is 50.3 Å². The van der Waals surface area contributed by atoms with Crippen LogP contribution in [0.2, 0.25) is 0 Å². The SMILES string of the molecule is COc1cccc(OC)c1-n1c(CS(=O)(=O)[C@@H](C)[C@@H](OC(C)C)c2cnc(C)cn2)nnc1-c1cccc(C)n1.COc1cccc(OC)c1-n1c(CS(=O)(=O)[C@H](C)[C@H](OC(C)C)c2cnc(C)cn2)nnc1-c1cccc(C)n1. The van der Waals surface area contributed by atoms with Gasteiger partial charge in [-0.25, -0.2) is 26.8 Å². The van der Waals surface area contributed by atoms with Crippen molar-refractivity contribution in [1.29, 1.82) is 0 Å². The summed E-state index contributed by atoms with van der Waals surface area (Å²) in [7, 11) is -1.64. The number of methoxy groups -OCH3 is 4. The second kappa shape index (κ2) is 26.0. The van der Waals surface area contributed by atoms with E-state index in [1.165, 1.54) is 28.4 Å². The van der Waals surface area contributed by atoms with Gasteiger partial charge in [-0.15, -0.1) is 20.4 Å². The van der Waals surface area contributed by atoms with E-state index in [4.69, 9.17) is 28.4 Å². The average molecular weight is 1130 g/mol. The topological polar surface area (TPSA) is 262 Å². The summed E-state index contributed by atoms with van der Waals surface area (Å²) < 4.78 is 93.9. The number of sulfone groups is 2. The summed E-state index contributed by atoms with van der Waals surface area (Å²) in [6.45, 7) is 18.0. The van der Waals surface area contributed by atoms with E-state index in [9.17, 15) is 16.8 Å². The van der Waals surface area contributed by atoms with Crippen LogP contribution in [0.15, 0.2) is 97.6 Å². The van der Waals surface area contributed by atoms with E-state index in [0.29, 0.717) is 68.8 Å². The highest BCUT2D eigenvalue weighted by atomic mass is 32.2. The summed E-state index contributed by atoms with van der Waals surface area (Å²) in [6.07, 6.45) is 4.13. The molecule has 0 aliphatic rings. The molecule has 0 N–H and O–H groups in total. The van der Waals surface area contributed by atoms with Crippen LogP contribution in [0.1, 0.15) is 99.6 Å². The Morgan fingerprint density at radius 1 is 0.438 bits per heavy atom. The first-order valence-corrected chi connectivity index (χ1v) is 29.0. The Morgan fingerprint density at radius 2 is 0.775 bits per heavy atom. The number of rotatable bonds is 22. The van der Waals surface area contributed by atoms with E-state index in [-0.39, 0.29) is 23.9 Å². The number of benzene rings is 2. The molecular formula is C56H68N12O10S2. The molecule has 24 heteroatoms. The molecule has 6 heterocycles. The molecule has 80 heavy (non-hydrogen) atoms. The van der Waals surface area contributed by atoms with E-state index in [0.717, 1.165) is 22.8 Å². The maximum atomic E-state index is 14.0. The Bertz CT molecular complexity index is 3330. The number of para-hydroxylation sites is 2. The number of aryl methyl sites for hydroxylation is 4. The van der Waals surface area contributed by atoms with Gasteiger partial charge in [0.25, 0.3) is 0 Å². The van der Waals surface area contributed by atoms with Crippen molar-refractivity contribution >= 4 is 19.7 Å². The number of nitrogens with zero attached hydrogens (tertiary/aromatic N) is 12. The minimum atomic E-state index is -3.88. The molecule has 0 radical (unpaired) electrons. The highest BCUT2D eigenvalue weighted by molar-refractivity contribution is 7.91. The van der Waals surface area contributed by atoms with Crippen molar-refractivity contribution in [3.8, 4) is 57.4 Å². The molecule has 22 nitrogen and oxygen atoms in total. The Kier molecular flexibility index (Phi) is 19.4. The maximum absolute atomic E-state index is 14.0. The largest absolute Gasteiger partial charge is 0.494 e. The van der Waals surface area contributed by atoms with Crippen LogP contribution in [0.25, 0.3) is 34.4 Å². The van der Waals surface area contributed by atoms with E-state index >= 15 is 0 Å². The van der Waals surface area contributed by atoms with Gasteiger partial charge in [0.15, 0.2) is 43.0 Å². The molecule has 0 saturated carbocycles. The smallest absolute Gasteiger partial charge is 0.187 e. The van der Waals surface area contributed by atoms with Crippen molar-refractivity contribution < 1.29 is 45.3 Å².